The van der Waals surface area contributed by atoms with Gasteiger partial charge in [0.15, 0.2) is 0 Å². The molecule has 1 aromatic rings. The Balaban J connectivity index is 2.93. The predicted molar refractivity (Wildman–Crippen MR) is 64.4 cm³/mol. The topological polar surface area (TPSA) is 40.5 Å². The van der Waals surface area contributed by atoms with Gasteiger partial charge in [0.1, 0.15) is 5.82 Å². The van der Waals surface area contributed by atoms with Gasteiger partial charge in [0.05, 0.1) is 11.2 Å². The maximum Gasteiger partial charge on any atom is 0.256 e. The van der Waals surface area contributed by atoms with Crippen molar-refractivity contribution in [3.8, 4) is 0 Å². The van der Waals surface area contributed by atoms with Gasteiger partial charge in [-0.25, -0.2) is 4.39 Å². The molecule has 0 aliphatic carbocycles. The van der Waals surface area contributed by atoms with E-state index in [1.54, 1.807) is 40.0 Å². The molecule has 0 saturated heterocycles. The van der Waals surface area contributed by atoms with Crippen molar-refractivity contribution in [3.63, 3.8) is 0 Å². The highest BCUT2D eigenvalue weighted by Gasteiger charge is 2.22. The Hall–Kier alpha value is -1.42. The summed E-state index contributed by atoms with van der Waals surface area (Å²) in [7, 11) is 1.54. The second-order valence-corrected chi connectivity index (χ2v) is 4.91. The van der Waals surface area contributed by atoms with Crippen LogP contribution in [0, 0.1) is 12.7 Å². The van der Waals surface area contributed by atoms with Crippen molar-refractivity contribution < 1.29 is 14.3 Å². The van der Waals surface area contributed by atoms with Gasteiger partial charge in [0, 0.05) is 13.6 Å². The van der Waals surface area contributed by atoms with E-state index in [0.29, 0.717) is 5.56 Å². The van der Waals surface area contributed by atoms with Gasteiger partial charge in [-0.15, -0.1) is 0 Å². The van der Waals surface area contributed by atoms with Crippen molar-refractivity contribution in [1.29, 1.82) is 0 Å². The van der Waals surface area contributed by atoms with E-state index in [-0.39, 0.29) is 12.1 Å². The molecule has 17 heavy (non-hydrogen) atoms. The van der Waals surface area contributed by atoms with Crippen LogP contribution in [-0.2, 0) is 0 Å². The zero-order valence-corrected chi connectivity index (χ0v) is 10.6. The Morgan fingerprint density at radius 1 is 1.47 bits per heavy atom. The Bertz CT molecular complexity index is 424. The molecule has 0 aromatic heterocycles. The molecule has 0 heterocycles. The second-order valence-electron chi connectivity index (χ2n) is 4.91. The van der Waals surface area contributed by atoms with E-state index in [1.807, 2.05) is 0 Å². The number of benzene rings is 1. The van der Waals surface area contributed by atoms with Crippen LogP contribution in [0.1, 0.15) is 29.8 Å². The van der Waals surface area contributed by atoms with Crippen molar-refractivity contribution in [3.05, 3.63) is 35.1 Å². The molecule has 0 aliphatic heterocycles. The minimum atomic E-state index is -0.995. The van der Waals surface area contributed by atoms with Gasteiger partial charge in [-0.2, -0.15) is 0 Å². The lowest BCUT2D eigenvalue weighted by Crippen LogP contribution is -2.40. The highest BCUT2D eigenvalue weighted by molar-refractivity contribution is 5.94. The lowest BCUT2D eigenvalue weighted by molar-refractivity contribution is 0.0365. The summed E-state index contributed by atoms with van der Waals surface area (Å²) in [4.78, 5) is 13.3. The van der Waals surface area contributed by atoms with Crippen LogP contribution in [0.5, 0.6) is 0 Å². The normalized spacial score (nSPS) is 11.4. The number of hydrogen-bond acceptors (Lipinski definition) is 2. The summed E-state index contributed by atoms with van der Waals surface area (Å²) in [6.07, 6.45) is 0. The first-order valence-corrected chi connectivity index (χ1v) is 5.45. The summed E-state index contributed by atoms with van der Waals surface area (Å²) in [5.74, 6) is -0.923. The highest BCUT2D eigenvalue weighted by Crippen LogP contribution is 2.15. The van der Waals surface area contributed by atoms with E-state index >= 15 is 0 Å². The standard InChI is InChI=1S/C13H18FNO2/c1-9-6-5-7-10(11(9)14)12(16)15(4)8-13(2,3)17/h5-7,17H,8H2,1-4H3. The molecular formula is C13H18FNO2. The van der Waals surface area contributed by atoms with Crippen LogP contribution >= 0.6 is 0 Å². The first-order chi connectivity index (χ1) is 7.72. The lowest BCUT2D eigenvalue weighted by atomic mass is 10.1. The summed E-state index contributed by atoms with van der Waals surface area (Å²) < 4.78 is 13.7. The molecule has 1 amide bonds. The van der Waals surface area contributed by atoms with Crippen molar-refractivity contribution in [1.82, 2.24) is 4.90 Å². The number of nitrogens with zero attached hydrogens (tertiary/aromatic N) is 1. The number of rotatable bonds is 3. The molecule has 3 nitrogen and oxygen atoms in total. The van der Waals surface area contributed by atoms with Crippen LogP contribution in [-0.4, -0.2) is 35.1 Å². The molecular weight excluding hydrogens is 221 g/mol. The number of halogens is 1. The number of carbonyl (C=O) groups excluding carboxylic acids is 1. The lowest BCUT2D eigenvalue weighted by Gasteiger charge is -2.25. The van der Waals surface area contributed by atoms with Gasteiger partial charge in [-0.1, -0.05) is 12.1 Å². The van der Waals surface area contributed by atoms with Crippen molar-refractivity contribution >= 4 is 5.91 Å². The summed E-state index contributed by atoms with van der Waals surface area (Å²) in [6.45, 7) is 4.97. The van der Waals surface area contributed by atoms with Crippen LogP contribution in [0.2, 0.25) is 0 Å². The maximum atomic E-state index is 13.7. The minimum absolute atomic E-state index is 0.0387. The van der Waals surface area contributed by atoms with E-state index in [4.69, 9.17) is 0 Å². The highest BCUT2D eigenvalue weighted by atomic mass is 19.1. The van der Waals surface area contributed by atoms with E-state index in [9.17, 15) is 14.3 Å². The molecule has 0 radical (unpaired) electrons. The first kappa shape index (κ1) is 13.6. The fraction of sp³-hybridized carbons (Fsp3) is 0.462. The Morgan fingerprint density at radius 2 is 2.06 bits per heavy atom. The average molecular weight is 239 g/mol. The van der Waals surface area contributed by atoms with Crippen molar-refractivity contribution in [2.24, 2.45) is 0 Å². The third-order valence-corrected chi connectivity index (χ3v) is 2.39. The van der Waals surface area contributed by atoms with Crippen LogP contribution in [0.3, 0.4) is 0 Å². The van der Waals surface area contributed by atoms with Gasteiger partial charge in [0.2, 0.25) is 0 Å². The van der Waals surface area contributed by atoms with Crippen LogP contribution in [0.15, 0.2) is 18.2 Å². The second kappa shape index (κ2) is 4.84. The van der Waals surface area contributed by atoms with E-state index in [0.717, 1.165) is 0 Å². The molecule has 0 saturated carbocycles. The van der Waals surface area contributed by atoms with Gasteiger partial charge < -0.3 is 10.0 Å². The first-order valence-electron chi connectivity index (χ1n) is 5.45. The van der Waals surface area contributed by atoms with E-state index in [2.05, 4.69) is 0 Å². The molecule has 0 unspecified atom stereocenters. The summed E-state index contributed by atoms with van der Waals surface area (Å²) in [5, 5.41) is 9.62. The van der Waals surface area contributed by atoms with Crippen LogP contribution < -0.4 is 0 Å². The number of likely N-dealkylation sites (N-methyl/N-ethyl adjacent to an activating group) is 1. The Labute approximate surface area is 101 Å². The minimum Gasteiger partial charge on any atom is -0.389 e. The maximum absolute atomic E-state index is 13.7. The smallest absolute Gasteiger partial charge is 0.256 e. The Morgan fingerprint density at radius 3 is 2.59 bits per heavy atom. The predicted octanol–water partition coefficient (Wildman–Crippen LogP) is 1.98. The zero-order chi connectivity index (χ0) is 13.2. The molecule has 1 aromatic carbocycles. The van der Waals surface area contributed by atoms with Crippen molar-refractivity contribution in [2.45, 2.75) is 26.4 Å². The molecule has 1 rings (SSSR count). The van der Waals surface area contributed by atoms with Crippen LogP contribution in [0.25, 0.3) is 0 Å². The zero-order valence-electron chi connectivity index (χ0n) is 10.6. The number of carbonyl (C=O) groups is 1. The molecule has 0 spiro atoms. The fourth-order valence-electron chi connectivity index (χ4n) is 1.67. The quantitative estimate of drug-likeness (QED) is 0.876. The molecule has 0 fully saturated rings. The number of aliphatic hydroxyl groups is 1. The summed E-state index contributed by atoms with van der Waals surface area (Å²) >= 11 is 0. The molecule has 0 bridgehead atoms. The molecule has 0 atom stereocenters. The molecule has 94 valence electrons. The molecule has 1 N–H and O–H groups in total. The van der Waals surface area contributed by atoms with Crippen molar-refractivity contribution in [2.75, 3.05) is 13.6 Å². The monoisotopic (exact) mass is 239 g/mol. The van der Waals surface area contributed by atoms with E-state index < -0.39 is 17.3 Å². The third-order valence-electron chi connectivity index (χ3n) is 2.39. The van der Waals surface area contributed by atoms with Gasteiger partial charge in [0.25, 0.3) is 5.91 Å². The number of amides is 1. The largest absolute Gasteiger partial charge is 0.389 e. The van der Waals surface area contributed by atoms with Crippen LogP contribution in [0.4, 0.5) is 4.39 Å². The van der Waals surface area contributed by atoms with Gasteiger partial charge in [-0.05, 0) is 32.4 Å². The van der Waals surface area contributed by atoms with E-state index in [1.165, 1.54) is 11.0 Å². The average Bonchev–Trinajstić information content (AvgIpc) is 2.18. The SMILES string of the molecule is Cc1cccc(C(=O)N(C)CC(C)(C)O)c1F. The molecule has 0 aliphatic rings. The summed E-state index contributed by atoms with van der Waals surface area (Å²) in [5.41, 5.74) is -0.519. The third kappa shape index (κ3) is 3.53. The van der Waals surface area contributed by atoms with Gasteiger partial charge >= 0.3 is 0 Å². The van der Waals surface area contributed by atoms with Gasteiger partial charge in [-0.3, -0.25) is 4.79 Å². The fourth-order valence-corrected chi connectivity index (χ4v) is 1.67. The Kier molecular flexibility index (Phi) is 3.88. The number of hydrogen-bond donors (Lipinski definition) is 1. The summed E-state index contributed by atoms with van der Waals surface area (Å²) in [6, 6.07) is 4.71. The number of aryl methyl sites for hydroxylation is 1. The molecule has 4 heteroatoms.